The molecule has 0 saturated carbocycles. The number of nitrogens with zero attached hydrogens (tertiary/aromatic N) is 4. The zero-order valence-corrected chi connectivity index (χ0v) is 11.8. The van der Waals surface area contributed by atoms with Crippen molar-refractivity contribution in [3.8, 4) is 23.5 Å². The molecule has 1 heterocycles. The molecule has 0 fully saturated rings. The van der Waals surface area contributed by atoms with Gasteiger partial charge in [0.2, 0.25) is 0 Å². The number of imidazole rings is 1. The van der Waals surface area contributed by atoms with Crippen LogP contribution in [-0.2, 0) is 19.9 Å². The monoisotopic (exact) mass is 277 g/mol. The minimum absolute atomic E-state index is 0.290. The molecule has 104 valence electrons. The number of fused-ring (bicyclic) bond motifs is 1. The van der Waals surface area contributed by atoms with Gasteiger partial charge >= 0.3 is 0 Å². The van der Waals surface area contributed by atoms with Crippen LogP contribution < -0.4 is 5.73 Å². The second kappa shape index (κ2) is 4.96. The van der Waals surface area contributed by atoms with E-state index < -0.39 is 0 Å². The number of nitrogens with two attached hydrogens (primary N) is 1. The van der Waals surface area contributed by atoms with Gasteiger partial charge in [0.15, 0.2) is 0 Å². The number of benzene rings is 1. The molecule has 0 aliphatic heterocycles. The molecule has 5 heteroatoms. The number of hydrogen-bond acceptors (Lipinski definition) is 4. The Morgan fingerprint density at radius 1 is 1.14 bits per heavy atom. The summed E-state index contributed by atoms with van der Waals surface area (Å²) >= 11 is 0. The Kier molecular flexibility index (Phi) is 3.12. The Bertz CT molecular complexity index is 802. The van der Waals surface area contributed by atoms with Crippen LogP contribution in [0.15, 0.2) is 12.4 Å². The van der Waals surface area contributed by atoms with Crippen molar-refractivity contribution in [1.29, 1.82) is 10.5 Å². The zero-order chi connectivity index (χ0) is 15.0. The maximum atomic E-state index is 9.53. The molecule has 1 aliphatic carbocycles. The molecular weight excluding hydrogens is 262 g/mol. The molecule has 1 aromatic carbocycles. The molecule has 0 bridgehead atoms. The van der Waals surface area contributed by atoms with E-state index >= 15 is 0 Å². The smallest absolute Gasteiger partial charge is 0.141 e. The van der Waals surface area contributed by atoms with Crippen molar-refractivity contribution in [2.75, 3.05) is 5.73 Å². The summed E-state index contributed by atoms with van der Waals surface area (Å²) in [6.45, 7) is 0. The van der Waals surface area contributed by atoms with E-state index in [4.69, 9.17) is 5.73 Å². The normalized spacial score (nSPS) is 13.3. The predicted molar refractivity (Wildman–Crippen MR) is 79.1 cm³/mol. The lowest BCUT2D eigenvalue weighted by Gasteiger charge is -2.23. The third kappa shape index (κ3) is 1.86. The number of rotatable bonds is 1. The molecule has 2 N–H and O–H groups in total. The zero-order valence-electron chi connectivity index (χ0n) is 11.8. The van der Waals surface area contributed by atoms with Gasteiger partial charge in [0.25, 0.3) is 0 Å². The minimum Gasteiger partial charge on any atom is -0.397 e. The number of nitriles is 2. The van der Waals surface area contributed by atoms with Gasteiger partial charge in [-0.3, -0.25) is 0 Å². The van der Waals surface area contributed by atoms with Crippen molar-refractivity contribution < 1.29 is 0 Å². The molecule has 1 aliphatic rings. The third-order valence-electron chi connectivity index (χ3n) is 4.13. The van der Waals surface area contributed by atoms with E-state index in [-0.39, 0.29) is 0 Å². The summed E-state index contributed by atoms with van der Waals surface area (Å²) in [5.74, 6) is 0.737. The Hall–Kier alpha value is -2.79. The number of nitrogen functional groups attached to an aromatic ring is 1. The lowest BCUT2D eigenvalue weighted by molar-refractivity contribution is 0.684. The molecule has 0 spiro atoms. The number of aryl methyl sites for hydroxylation is 1. The van der Waals surface area contributed by atoms with E-state index in [2.05, 4.69) is 17.1 Å². The SMILES string of the molecule is Cn1ccnc1-c1c(C#N)c(N)c(C#N)c2c1CCCC2. The van der Waals surface area contributed by atoms with Gasteiger partial charge in [0.05, 0.1) is 16.8 Å². The summed E-state index contributed by atoms with van der Waals surface area (Å²) < 4.78 is 1.89. The Labute approximate surface area is 123 Å². The molecule has 1 aromatic heterocycles. The highest BCUT2D eigenvalue weighted by Gasteiger charge is 2.26. The highest BCUT2D eigenvalue weighted by Crippen LogP contribution is 2.39. The first-order chi connectivity index (χ1) is 10.2. The van der Waals surface area contributed by atoms with Crippen LogP contribution in [0.5, 0.6) is 0 Å². The molecule has 0 radical (unpaired) electrons. The van der Waals surface area contributed by atoms with Crippen LogP contribution in [0.3, 0.4) is 0 Å². The topological polar surface area (TPSA) is 91.4 Å². The van der Waals surface area contributed by atoms with Crippen LogP contribution in [0, 0.1) is 22.7 Å². The Morgan fingerprint density at radius 2 is 1.81 bits per heavy atom. The van der Waals surface area contributed by atoms with Crippen molar-refractivity contribution >= 4 is 5.69 Å². The lowest BCUT2D eigenvalue weighted by Crippen LogP contribution is -2.13. The molecular formula is C16H15N5. The van der Waals surface area contributed by atoms with E-state index in [1.165, 1.54) is 0 Å². The first kappa shape index (κ1) is 13.2. The van der Waals surface area contributed by atoms with E-state index in [1.807, 2.05) is 17.8 Å². The summed E-state index contributed by atoms with van der Waals surface area (Å²) in [4.78, 5) is 4.37. The van der Waals surface area contributed by atoms with Crippen LogP contribution in [0.1, 0.15) is 35.1 Å². The quantitative estimate of drug-likeness (QED) is 0.809. The Balaban J connectivity index is 2.44. The molecule has 0 atom stereocenters. The molecule has 0 saturated heterocycles. The van der Waals surface area contributed by atoms with Gasteiger partial charge in [-0.05, 0) is 36.8 Å². The van der Waals surface area contributed by atoms with Gasteiger partial charge in [-0.15, -0.1) is 0 Å². The van der Waals surface area contributed by atoms with Crippen LogP contribution in [0.25, 0.3) is 11.4 Å². The highest BCUT2D eigenvalue weighted by molar-refractivity contribution is 5.83. The third-order valence-corrected chi connectivity index (χ3v) is 4.13. The summed E-state index contributed by atoms with van der Waals surface area (Å²) in [6.07, 6.45) is 7.37. The largest absolute Gasteiger partial charge is 0.397 e. The second-order valence-electron chi connectivity index (χ2n) is 5.29. The number of hydrogen-bond donors (Lipinski definition) is 1. The average molecular weight is 277 g/mol. The Morgan fingerprint density at radius 3 is 2.38 bits per heavy atom. The number of anilines is 1. The van der Waals surface area contributed by atoms with Gasteiger partial charge in [-0.2, -0.15) is 10.5 Å². The van der Waals surface area contributed by atoms with Crippen molar-refractivity contribution in [3.05, 3.63) is 34.6 Å². The predicted octanol–water partition coefficient (Wildman–Crippen LogP) is 2.29. The lowest BCUT2D eigenvalue weighted by atomic mass is 9.82. The van der Waals surface area contributed by atoms with Gasteiger partial charge in [-0.25, -0.2) is 4.98 Å². The minimum atomic E-state index is 0.290. The van der Waals surface area contributed by atoms with Gasteiger partial charge < -0.3 is 10.3 Å². The summed E-state index contributed by atoms with van der Waals surface area (Å²) in [7, 11) is 1.90. The molecule has 5 nitrogen and oxygen atoms in total. The molecule has 3 rings (SSSR count). The number of aromatic nitrogens is 2. The van der Waals surface area contributed by atoms with Crippen molar-refractivity contribution in [2.45, 2.75) is 25.7 Å². The summed E-state index contributed by atoms with van der Waals surface area (Å²) in [6, 6.07) is 4.36. The first-order valence-corrected chi connectivity index (χ1v) is 6.94. The second-order valence-corrected chi connectivity index (χ2v) is 5.29. The van der Waals surface area contributed by atoms with Crippen LogP contribution in [0.4, 0.5) is 5.69 Å². The van der Waals surface area contributed by atoms with Crippen LogP contribution >= 0.6 is 0 Å². The van der Waals surface area contributed by atoms with E-state index in [9.17, 15) is 10.5 Å². The summed E-state index contributed by atoms with van der Waals surface area (Å²) in [5.41, 5.74) is 10.1. The van der Waals surface area contributed by atoms with Crippen LogP contribution in [-0.4, -0.2) is 9.55 Å². The fourth-order valence-electron chi connectivity index (χ4n) is 3.13. The molecule has 21 heavy (non-hydrogen) atoms. The average Bonchev–Trinajstić information content (AvgIpc) is 2.92. The standard InChI is InChI=1S/C16H15N5/c1-21-7-6-20-16(21)14-11-5-3-2-4-10(11)12(8-17)15(19)13(14)9-18/h6-7H,2-5,19H2,1H3. The van der Waals surface area contributed by atoms with Crippen molar-refractivity contribution in [2.24, 2.45) is 7.05 Å². The molecule has 2 aromatic rings. The van der Waals surface area contributed by atoms with Crippen molar-refractivity contribution in [3.63, 3.8) is 0 Å². The maximum Gasteiger partial charge on any atom is 0.141 e. The van der Waals surface area contributed by atoms with Crippen molar-refractivity contribution in [1.82, 2.24) is 9.55 Å². The summed E-state index contributed by atoms with van der Waals surface area (Å²) in [5, 5.41) is 18.9. The fourth-order valence-corrected chi connectivity index (χ4v) is 3.13. The van der Waals surface area contributed by atoms with Gasteiger partial charge in [0, 0.05) is 25.0 Å². The fraction of sp³-hybridized carbons (Fsp3) is 0.312. The van der Waals surface area contributed by atoms with Crippen LogP contribution in [0.2, 0.25) is 0 Å². The molecule has 0 amide bonds. The highest BCUT2D eigenvalue weighted by atomic mass is 15.0. The molecule has 0 unspecified atom stereocenters. The van der Waals surface area contributed by atoms with E-state index in [0.717, 1.165) is 48.2 Å². The van der Waals surface area contributed by atoms with Gasteiger partial charge in [-0.1, -0.05) is 0 Å². The van der Waals surface area contributed by atoms with E-state index in [1.54, 1.807) is 6.20 Å². The maximum absolute atomic E-state index is 9.53. The van der Waals surface area contributed by atoms with E-state index in [0.29, 0.717) is 16.8 Å². The first-order valence-electron chi connectivity index (χ1n) is 6.94. The van der Waals surface area contributed by atoms with Gasteiger partial charge in [0.1, 0.15) is 18.0 Å².